The van der Waals surface area contributed by atoms with E-state index in [-0.39, 0.29) is 25.0 Å². The molecule has 1 aromatic heterocycles. The number of ether oxygens (including phenoxy) is 6. The van der Waals surface area contributed by atoms with Crippen LogP contribution in [0, 0.1) is 0 Å². The largest absolute Gasteiger partial charge is 0.463 e. The zero-order valence-corrected chi connectivity index (χ0v) is 24.6. The maximum absolute atomic E-state index is 12.2. The molecule has 2 aromatic rings. The average Bonchev–Trinajstić information content (AvgIpc) is 3.29. The smallest absolute Gasteiger partial charge is 0.303 e. The molecule has 230 valence electrons. The van der Waals surface area contributed by atoms with Crippen LogP contribution < -0.4 is 4.74 Å². The van der Waals surface area contributed by atoms with E-state index >= 15 is 0 Å². The van der Waals surface area contributed by atoms with Gasteiger partial charge < -0.3 is 33.5 Å². The van der Waals surface area contributed by atoms with Crippen molar-refractivity contribution in [1.29, 1.82) is 0 Å². The molecule has 0 spiro atoms. The SMILES string of the molecule is CC(=O)OC[C@H]1O[C@@H](Oc2n[nH]c(C(C)C)c2Cc2ccc(CCO)cc2)[C@H](OC(C)=O)[C@@H](OC(C)=O)[C@H]1OC(C)=O. The van der Waals surface area contributed by atoms with Crippen LogP contribution in [0.15, 0.2) is 24.3 Å². The standard InChI is InChI=1S/C29H38N2O11/c1-15(2)24-22(13-21-9-7-20(8-10-21)11-12-32)28(31-30-24)42-29-27(40-19(6)36)26(39-18(5)35)25(38-17(4)34)23(41-29)14-37-16(3)33/h7-10,15,23,25-27,29,32H,11-14H2,1-6H3,(H,30,31)/t23-,25+,26+,27-,29+/m1/s1. The highest BCUT2D eigenvalue weighted by Gasteiger charge is 2.53. The highest BCUT2D eigenvalue weighted by atomic mass is 16.7. The highest BCUT2D eigenvalue weighted by molar-refractivity contribution is 5.68. The lowest BCUT2D eigenvalue weighted by Gasteiger charge is -2.43. The van der Waals surface area contributed by atoms with E-state index < -0.39 is 54.6 Å². The zero-order chi connectivity index (χ0) is 31.0. The number of carbonyl (C=O) groups is 4. The number of esters is 4. The van der Waals surface area contributed by atoms with Crippen LogP contribution in [0.5, 0.6) is 5.88 Å². The lowest BCUT2D eigenvalue weighted by atomic mass is 9.97. The summed E-state index contributed by atoms with van der Waals surface area (Å²) in [4.78, 5) is 47.8. The van der Waals surface area contributed by atoms with E-state index in [2.05, 4.69) is 10.2 Å². The molecule has 1 aromatic carbocycles. The van der Waals surface area contributed by atoms with Gasteiger partial charge in [0.2, 0.25) is 18.3 Å². The van der Waals surface area contributed by atoms with Crippen LogP contribution in [0.1, 0.15) is 69.8 Å². The number of benzene rings is 1. The van der Waals surface area contributed by atoms with Gasteiger partial charge >= 0.3 is 23.9 Å². The van der Waals surface area contributed by atoms with Crippen molar-refractivity contribution in [2.45, 2.75) is 91.0 Å². The van der Waals surface area contributed by atoms with Crippen LogP contribution >= 0.6 is 0 Å². The number of aromatic nitrogens is 2. The predicted molar refractivity (Wildman–Crippen MR) is 145 cm³/mol. The average molecular weight is 591 g/mol. The monoisotopic (exact) mass is 590 g/mol. The third-order valence-corrected chi connectivity index (χ3v) is 6.42. The van der Waals surface area contributed by atoms with Crippen molar-refractivity contribution < 1.29 is 52.7 Å². The maximum Gasteiger partial charge on any atom is 0.303 e. The lowest BCUT2D eigenvalue weighted by molar-refractivity contribution is -0.289. The van der Waals surface area contributed by atoms with Crippen molar-refractivity contribution in [2.24, 2.45) is 0 Å². The molecule has 0 amide bonds. The maximum atomic E-state index is 12.2. The van der Waals surface area contributed by atoms with E-state index in [9.17, 15) is 24.3 Å². The van der Waals surface area contributed by atoms with Crippen molar-refractivity contribution in [2.75, 3.05) is 13.2 Å². The van der Waals surface area contributed by atoms with E-state index in [4.69, 9.17) is 28.4 Å². The number of rotatable bonds is 12. The normalized spacial score (nSPS) is 21.9. The van der Waals surface area contributed by atoms with E-state index in [0.29, 0.717) is 18.4 Å². The van der Waals surface area contributed by atoms with Crippen molar-refractivity contribution in [3.05, 3.63) is 46.6 Å². The first-order valence-electron chi connectivity index (χ1n) is 13.6. The molecule has 2 N–H and O–H groups in total. The Morgan fingerprint density at radius 2 is 1.45 bits per heavy atom. The molecule has 3 rings (SSSR count). The van der Waals surface area contributed by atoms with Gasteiger partial charge in [-0.05, 0) is 23.5 Å². The van der Waals surface area contributed by atoms with Crippen molar-refractivity contribution in [3.8, 4) is 5.88 Å². The Kier molecular flexibility index (Phi) is 11.5. The zero-order valence-electron chi connectivity index (χ0n) is 24.6. The Labute approximate surface area is 243 Å². The van der Waals surface area contributed by atoms with Crippen LogP contribution in [0.4, 0.5) is 0 Å². The van der Waals surface area contributed by atoms with Crippen LogP contribution in [-0.2, 0) is 55.7 Å². The van der Waals surface area contributed by atoms with Gasteiger partial charge in [-0.3, -0.25) is 24.3 Å². The summed E-state index contributed by atoms with van der Waals surface area (Å²) in [5.41, 5.74) is 3.46. The molecule has 1 aliphatic heterocycles. The van der Waals surface area contributed by atoms with Crippen LogP contribution in [0.3, 0.4) is 0 Å². The molecule has 1 fully saturated rings. The number of hydrogen-bond donors (Lipinski definition) is 2. The number of nitrogens with zero attached hydrogens (tertiary/aromatic N) is 1. The first kappa shape index (κ1) is 32.5. The summed E-state index contributed by atoms with van der Waals surface area (Å²) in [6.07, 6.45) is -5.62. The number of H-pyrrole nitrogens is 1. The summed E-state index contributed by atoms with van der Waals surface area (Å²) in [5, 5.41) is 16.6. The number of carbonyl (C=O) groups excluding carboxylic acids is 4. The molecule has 0 aliphatic carbocycles. The minimum absolute atomic E-state index is 0.0360. The van der Waals surface area contributed by atoms with Crippen molar-refractivity contribution in [3.63, 3.8) is 0 Å². The van der Waals surface area contributed by atoms with Gasteiger partial charge in [-0.1, -0.05) is 38.1 Å². The number of hydrogen-bond acceptors (Lipinski definition) is 12. The lowest BCUT2D eigenvalue weighted by Crippen LogP contribution is -2.63. The number of aliphatic hydroxyl groups is 1. The molecular formula is C29H38N2O11. The van der Waals surface area contributed by atoms with Gasteiger partial charge in [0.25, 0.3) is 0 Å². The predicted octanol–water partition coefficient (Wildman–Crippen LogP) is 2.12. The van der Waals surface area contributed by atoms with Gasteiger partial charge in [-0.25, -0.2) is 0 Å². The molecular weight excluding hydrogens is 552 g/mol. The fourth-order valence-corrected chi connectivity index (χ4v) is 4.66. The van der Waals surface area contributed by atoms with Crippen LogP contribution in [0.2, 0.25) is 0 Å². The number of nitrogens with one attached hydrogen (secondary N) is 1. The van der Waals surface area contributed by atoms with Crippen LogP contribution in [0.25, 0.3) is 0 Å². The summed E-state index contributed by atoms with van der Waals surface area (Å²) in [7, 11) is 0. The fraction of sp³-hybridized carbons (Fsp3) is 0.552. The minimum Gasteiger partial charge on any atom is -0.463 e. The molecule has 13 heteroatoms. The molecule has 1 aliphatic rings. The summed E-state index contributed by atoms with van der Waals surface area (Å²) >= 11 is 0. The number of aromatic amines is 1. The molecule has 0 radical (unpaired) electrons. The molecule has 1 saturated heterocycles. The van der Waals surface area contributed by atoms with E-state index in [1.807, 2.05) is 38.1 Å². The third kappa shape index (κ3) is 8.76. The van der Waals surface area contributed by atoms with E-state index in [1.165, 1.54) is 6.92 Å². The second-order valence-corrected chi connectivity index (χ2v) is 10.2. The fourth-order valence-electron chi connectivity index (χ4n) is 4.66. The van der Waals surface area contributed by atoms with Crippen molar-refractivity contribution in [1.82, 2.24) is 10.2 Å². The minimum atomic E-state index is -1.40. The Morgan fingerprint density at radius 3 is 2.00 bits per heavy atom. The molecule has 13 nitrogen and oxygen atoms in total. The Hall–Kier alpha value is -3.97. The summed E-state index contributed by atoms with van der Waals surface area (Å²) in [6.45, 7) is 8.30. The third-order valence-electron chi connectivity index (χ3n) is 6.42. The Balaban J connectivity index is 2.02. The Morgan fingerprint density at radius 1 is 0.881 bits per heavy atom. The van der Waals surface area contributed by atoms with Crippen molar-refractivity contribution >= 4 is 23.9 Å². The van der Waals surface area contributed by atoms with Gasteiger partial charge in [0.05, 0.1) is 0 Å². The molecule has 0 unspecified atom stereocenters. The Bertz CT molecular complexity index is 1240. The molecule has 5 atom stereocenters. The molecule has 42 heavy (non-hydrogen) atoms. The first-order chi connectivity index (χ1) is 19.9. The summed E-state index contributed by atoms with van der Waals surface area (Å²) in [5.74, 6) is -2.63. The quantitative estimate of drug-likeness (QED) is 0.273. The molecule has 0 saturated carbocycles. The molecule has 0 bridgehead atoms. The van der Waals surface area contributed by atoms with Gasteiger partial charge in [-0.15, -0.1) is 5.10 Å². The van der Waals surface area contributed by atoms with Gasteiger partial charge in [0.1, 0.15) is 12.7 Å². The van der Waals surface area contributed by atoms with Gasteiger partial charge in [-0.2, -0.15) is 0 Å². The van der Waals surface area contributed by atoms with Gasteiger partial charge in [0.15, 0.2) is 12.2 Å². The van der Waals surface area contributed by atoms with E-state index in [1.54, 1.807) is 0 Å². The second-order valence-electron chi connectivity index (χ2n) is 10.2. The van der Waals surface area contributed by atoms with Crippen LogP contribution in [-0.4, -0.2) is 83.1 Å². The summed E-state index contributed by atoms with van der Waals surface area (Å²) < 4.78 is 33.8. The second kappa shape index (κ2) is 14.8. The number of aliphatic hydroxyl groups excluding tert-OH is 1. The first-order valence-corrected chi connectivity index (χ1v) is 13.6. The molecule has 2 heterocycles. The van der Waals surface area contributed by atoms with E-state index in [0.717, 1.165) is 37.6 Å². The van der Waals surface area contributed by atoms with Gasteiger partial charge in [0, 0.05) is 52.0 Å². The summed E-state index contributed by atoms with van der Waals surface area (Å²) in [6, 6.07) is 7.75. The topological polar surface area (TPSA) is 173 Å². The highest BCUT2D eigenvalue weighted by Crippen LogP contribution is 2.34.